The van der Waals surface area contributed by atoms with Crippen molar-refractivity contribution in [2.24, 2.45) is 7.05 Å². The van der Waals surface area contributed by atoms with Crippen molar-refractivity contribution < 1.29 is 33.3 Å². The van der Waals surface area contributed by atoms with Crippen LogP contribution in [-0.2, 0) is 7.05 Å². The molecule has 2 rings (SSSR count). The monoisotopic (exact) mass is 391 g/mol. The molecule has 0 fully saturated rings. The molecule has 0 spiro atoms. The Labute approximate surface area is 135 Å². The summed E-state index contributed by atoms with van der Waals surface area (Å²) in [6.07, 6.45) is 7.46. The van der Waals surface area contributed by atoms with Crippen molar-refractivity contribution in [2.45, 2.75) is 26.2 Å². The third-order valence-corrected chi connectivity index (χ3v) is 3.17. The predicted molar refractivity (Wildman–Crippen MR) is 71.5 cm³/mol. The van der Waals surface area contributed by atoms with E-state index in [1.165, 1.54) is 24.6 Å². The molecule has 0 aliphatic carbocycles. The van der Waals surface area contributed by atoms with Crippen LogP contribution in [0, 0.1) is 0 Å². The maximum absolute atomic E-state index is 5.70. The van der Waals surface area contributed by atoms with Gasteiger partial charge in [-0.3, -0.25) is 0 Å². The Balaban J connectivity index is 0.00000180. The van der Waals surface area contributed by atoms with Gasteiger partial charge in [-0.1, -0.05) is 19.8 Å². The zero-order valence-corrected chi connectivity index (χ0v) is 14.1. The fourth-order valence-electron chi connectivity index (χ4n) is 1.70. The van der Waals surface area contributed by atoms with E-state index in [1.807, 2.05) is 36.1 Å². The molecule has 0 N–H and O–H groups in total. The lowest BCUT2D eigenvalue weighted by molar-refractivity contribution is -0.671. The van der Waals surface area contributed by atoms with Crippen molar-refractivity contribution >= 4 is 11.7 Å². The van der Waals surface area contributed by atoms with Crippen LogP contribution in [0.2, 0.25) is 0 Å². The van der Waals surface area contributed by atoms with Crippen molar-refractivity contribution in [3.8, 4) is 17.1 Å². The van der Waals surface area contributed by atoms with Gasteiger partial charge in [-0.05, 0) is 12.5 Å². The van der Waals surface area contributed by atoms with E-state index in [4.69, 9.17) is 4.74 Å². The highest BCUT2D eigenvalue weighted by Crippen LogP contribution is 2.26. The number of aromatic nitrogens is 3. The van der Waals surface area contributed by atoms with Gasteiger partial charge in [-0.15, -0.1) is 4.37 Å². The minimum Gasteiger partial charge on any atom is -1.00 e. The van der Waals surface area contributed by atoms with Crippen molar-refractivity contribution in [3.05, 3.63) is 24.5 Å². The SMILES string of the molecule is CCCCCOc1nsnc1-c1ccc[n+](C)c1.[I-]. The molecular weight excluding hydrogens is 373 g/mol. The summed E-state index contributed by atoms with van der Waals surface area (Å²) in [4.78, 5) is 0. The first-order valence-corrected chi connectivity index (χ1v) is 6.95. The minimum atomic E-state index is 0. The molecule has 19 heavy (non-hydrogen) atoms. The number of halogens is 1. The number of pyridine rings is 1. The molecule has 0 amide bonds. The number of unbranched alkanes of at least 4 members (excludes halogenated alkanes) is 2. The van der Waals surface area contributed by atoms with E-state index in [1.54, 1.807) is 0 Å². The van der Waals surface area contributed by atoms with Gasteiger partial charge >= 0.3 is 0 Å². The maximum atomic E-state index is 5.70. The second-order valence-electron chi connectivity index (χ2n) is 4.23. The van der Waals surface area contributed by atoms with Crippen molar-refractivity contribution in [1.29, 1.82) is 0 Å². The molecule has 0 atom stereocenters. The van der Waals surface area contributed by atoms with Gasteiger partial charge in [-0.2, -0.15) is 4.37 Å². The van der Waals surface area contributed by atoms with Crippen molar-refractivity contribution in [1.82, 2.24) is 8.75 Å². The summed E-state index contributed by atoms with van der Waals surface area (Å²) in [6.45, 7) is 2.89. The van der Waals surface area contributed by atoms with Crippen molar-refractivity contribution in [3.63, 3.8) is 0 Å². The molecule has 2 heterocycles. The van der Waals surface area contributed by atoms with Crippen LogP contribution in [0.25, 0.3) is 11.3 Å². The molecule has 0 bridgehead atoms. The Morgan fingerprint density at radius 2 is 2.16 bits per heavy atom. The second-order valence-corrected chi connectivity index (χ2v) is 4.76. The van der Waals surface area contributed by atoms with Crippen LogP contribution in [-0.4, -0.2) is 15.4 Å². The van der Waals surface area contributed by atoms with Gasteiger partial charge < -0.3 is 28.7 Å². The topological polar surface area (TPSA) is 38.9 Å². The van der Waals surface area contributed by atoms with Crippen LogP contribution in [0.4, 0.5) is 0 Å². The van der Waals surface area contributed by atoms with Gasteiger partial charge in [0.2, 0.25) is 0 Å². The molecule has 0 aliphatic heterocycles. The van der Waals surface area contributed by atoms with E-state index >= 15 is 0 Å². The van der Waals surface area contributed by atoms with Crippen LogP contribution in [0.5, 0.6) is 5.88 Å². The number of hydrogen-bond acceptors (Lipinski definition) is 4. The average molecular weight is 391 g/mol. The molecule has 0 radical (unpaired) electrons. The zero-order chi connectivity index (χ0) is 12.8. The van der Waals surface area contributed by atoms with E-state index in [2.05, 4.69) is 15.7 Å². The zero-order valence-electron chi connectivity index (χ0n) is 11.2. The lowest BCUT2D eigenvalue weighted by Gasteiger charge is -2.03. The molecule has 2 aromatic heterocycles. The number of aryl methyl sites for hydroxylation is 1. The molecule has 4 nitrogen and oxygen atoms in total. The summed E-state index contributed by atoms with van der Waals surface area (Å²) in [6, 6.07) is 4.02. The maximum Gasteiger partial charge on any atom is 0.254 e. The van der Waals surface area contributed by atoms with Crippen LogP contribution < -0.4 is 33.3 Å². The first kappa shape index (κ1) is 16.3. The van der Waals surface area contributed by atoms with Gasteiger partial charge in [0.25, 0.3) is 5.88 Å². The molecule has 0 aliphatic rings. The molecular formula is C13H18IN3OS. The lowest BCUT2D eigenvalue weighted by Crippen LogP contribution is -3.00. The first-order chi connectivity index (χ1) is 8.81. The van der Waals surface area contributed by atoms with Crippen LogP contribution in [0.1, 0.15) is 26.2 Å². The fraction of sp³-hybridized carbons (Fsp3) is 0.462. The minimum absolute atomic E-state index is 0. The summed E-state index contributed by atoms with van der Waals surface area (Å²) in [5, 5.41) is 0. The van der Waals surface area contributed by atoms with E-state index in [-0.39, 0.29) is 24.0 Å². The standard InChI is InChI=1S/C13H18N3OS.HI/c1-3-4-5-9-17-13-12(14-18-15-13)11-7-6-8-16(2)10-11;/h6-8,10H,3-5,9H2,1-2H3;1H/q+1;/p-1. The number of ether oxygens (including phenoxy) is 1. The highest BCUT2D eigenvalue weighted by molar-refractivity contribution is 6.99. The second kappa shape index (κ2) is 8.42. The Kier molecular flexibility index (Phi) is 7.22. The van der Waals surface area contributed by atoms with Gasteiger partial charge in [-0.25, -0.2) is 4.57 Å². The number of rotatable bonds is 6. The quantitative estimate of drug-likeness (QED) is 0.382. The molecule has 6 heteroatoms. The summed E-state index contributed by atoms with van der Waals surface area (Å²) in [5.74, 6) is 0.655. The summed E-state index contributed by atoms with van der Waals surface area (Å²) < 4.78 is 16.2. The summed E-state index contributed by atoms with van der Waals surface area (Å²) in [7, 11) is 1.99. The van der Waals surface area contributed by atoms with E-state index in [0.29, 0.717) is 12.5 Å². The van der Waals surface area contributed by atoms with Gasteiger partial charge in [0.05, 0.1) is 23.9 Å². The lowest BCUT2D eigenvalue weighted by atomic mass is 10.2. The van der Waals surface area contributed by atoms with Gasteiger partial charge in [0, 0.05) is 6.07 Å². The molecule has 104 valence electrons. The number of hydrogen-bond donors (Lipinski definition) is 0. The van der Waals surface area contributed by atoms with E-state index < -0.39 is 0 Å². The Morgan fingerprint density at radius 1 is 1.32 bits per heavy atom. The van der Waals surface area contributed by atoms with E-state index in [9.17, 15) is 0 Å². The fourth-order valence-corrected chi connectivity index (χ4v) is 2.22. The number of nitrogens with zero attached hydrogens (tertiary/aromatic N) is 3. The largest absolute Gasteiger partial charge is 1.00 e. The van der Waals surface area contributed by atoms with Crippen LogP contribution in [0.3, 0.4) is 0 Å². The summed E-state index contributed by atoms with van der Waals surface area (Å²) in [5.41, 5.74) is 1.88. The van der Waals surface area contributed by atoms with Crippen LogP contribution >= 0.6 is 11.7 Å². The third kappa shape index (κ3) is 4.68. The molecule has 0 saturated carbocycles. The Morgan fingerprint density at radius 3 is 2.89 bits per heavy atom. The first-order valence-electron chi connectivity index (χ1n) is 6.22. The molecule has 0 saturated heterocycles. The highest BCUT2D eigenvalue weighted by Gasteiger charge is 2.14. The molecule has 2 aromatic rings. The smallest absolute Gasteiger partial charge is 0.254 e. The predicted octanol–water partition coefficient (Wildman–Crippen LogP) is -0.397. The highest BCUT2D eigenvalue weighted by atomic mass is 127. The Bertz CT molecular complexity index is 504. The summed E-state index contributed by atoms with van der Waals surface area (Å²) >= 11 is 1.20. The van der Waals surface area contributed by atoms with Gasteiger partial charge in [0.15, 0.2) is 18.1 Å². The van der Waals surface area contributed by atoms with E-state index in [0.717, 1.165) is 17.7 Å². The normalized spacial score (nSPS) is 10.0. The van der Waals surface area contributed by atoms with Crippen LogP contribution in [0.15, 0.2) is 24.5 Å². The van der Waals surface area contributed by atoms with Gasteiger partial charge in [0.1, 0.15) is 7.05 Å². The third-order valence-electron chi connectivity index (χ3n) is 2.66. The molecule has 0 aromatic carbocycles. The average Bonchev–Trinajstić information content (AvgIpc) is 2.83. The molecule has 0 unspecified atom stereocenters. The van der Waals surface area contributed by atoms with Crippen molar-refractivity contribution in [2.75, 3.05) is 6.61 Å². The Hall–Kier alpha value is -0.760.